The lowest BCUT2D eigenvalue weighted by Crippen LogP contribution is -2.40. The van der Waals surface area contributed by atoms with E-state index in [4.69, 9.17) is 9.47 Å². The van der Waals surface area contributed by atoms with Crippen molar-refractivity contribution in [1.29, 1.82) is 0 Å². The Morgan fingerprint density at radius 3 is 2.52 bits per heavy atom. The van der Waals surface area contributed by atoms with Crippen LogP contribution in [0.3, 0.4) is 0 Å². The van der Waals surface area contributed by atoms with Crippen LogP contribution in [0.2, 0.25) is 0 Å². The summed E-state index contributed by atoms with van der Waals surface area (Å²) >= 11 is 0. The Labute approximate surface area is 167 Å². The summed E-state index contributed by atoms with van der Waals surface area (Å²) in [7, 11) is 0. The Hall–Kier alpha value is -3.94. The van der Waals surface area contributed by atoms with Crippen LogP contribution >= 0.6 is 0 Å². The van der Waals surface area contributed by atoms with Gasteiger partial charge in [0, 0.05) is 18.0 Å². The van der Waals surface area contributed by atoms with E-state index < -0.39 is 17.6 Å². The zero-order valence-corrected chi connectivity index (χ0v) is 15.6. The third-order valence-corrected chi connectivity index (χ3v) is 4.51. The quantitative estimate of drug-likeness (QED) is 0.690. The first-order chi connectivity index (χ1) is 14.1. The lowest BCUT2D eigenvalue weighted by atomic mass is 9.95. The van der Waals surface area contributed by atoms with Crippen LogP contribution < -0.4 is 10.2 Å². The largest absolute Gasteiger partial charge is 0.487 e. The first kappa shape index (κ1) is 18.4. The Balaban J connectivity index is 1.47. The van der Waals surface area contributed by atoms with E-state index >= 15 is 0 Å². The summed E-state index contributed by atoms with van der Waals surface area (Å²) in [5.74, 6) is 0.0959. The molecule has 1 N–H and O–H groups in total. The number of anilines is 1. The molecule has 0 saturated carbocycles. The van der Waals surface area contributed by atoms with Crippen LogP contribution in [0.4, 0.5) is 10.5 Å². The molecule has 2 heterocycles. The van der Waals surface area contributed by atoms with Crippen molar-refractivity contribution in [2.75, 3.05) is 5.43 Å². The molecule has 1 unspecified atom stereocenters. The third kappa shape index (κ3) is 3.73. The molecule has 1 aromatic heterocycles. The SMILES string of the molecule is CC1(c2ccc(OCc3cnccn3)cc2)OC(=O)N(Nc2ccccc2)C1=O. The summed E-state index contributed by atoms with van der Waals surface area (Å²) in [5, 5.41) is 0.883. The van der Waals surface area contributed by atoms with Gasteiger partial charge in [-0.25, -0.2) is 4.79 Å². The number of aromatic nitrogens is 2. The second-order valence-electron chi connectivity index (χ2n) is 6.53. The molecular formula is C21H18N4O4. The summed E-state index contributed by atoms with van der Waals surface area (Å²) in [5.41, 5.74) is 3.21. The van der Waals surface area contributed by atoms with Gasteiger partial charge >= 0.3 is 6.09 Å². The average molecular weight is 390 g/mol. The fourth-order valence-corrected chi connectivity index (χ4v) is 2.91. The number of para-hydroxylation sites is 1. The second-order valence-corrected chi connectivity index (χ2v) is 6.53. The molecule has 2 amide bonds. The highest BCUT2D eigenvalue weighted by molar-refractivity contribution is 6.04. The Kier molecular flexibility index (Phi) is 4.82. The lowest BCUT2D eigenvalue weighted by molar-refractivity contribution is -0.135. The van der Waals surface area contributed by atoms with Crippen LogP contribution in [-0.4, -0.2) is 27.0 Å². The molecule has 8 nitrogen and oxygen atoms in total. The van der Waals surface area contributed by atoms with Crippen molar-refractivity contribution < 1.29 is 19.1 Å². The van der Waals surface area contributed by atoms with Crippen LogP contribution in [0.25, 0.3) is 0 Å². The van der Waals surface area contributed by atoms with Crippen molar-refractivity contribution in [3.05, 3.63) is 84.4 Å². The number of amides is 2. The highest BCUT2D eigenvalue weighted by atomic mass is 16.6. The molecule has 1 aliphatic rings. The number of nitrogens with one attached hydrogen (secondary N) is 1. The van der Waals surface area contributed by atoms with Gasteiger partial charge in [-0.3, -0.25) is 20.2 Å². The molecule has 3 aromatic rings. The molecule has 0 aliphatic carbocycles. The maximum atomic E-state index is 12.9. The first-order valence-corrected chi connectivity index (χ1v) is 8.94. The standard InChI is InChI=1S/C21H18N4O4/c1-21(19(26)25(20(27)29-21)24-16-5-3-2-4-6-16)15-7-9-18(10-8-15)28-14-17-13-22-11-12-23-17/h2-13,24H,14H2,1H3. The fraction of sp³-hybridized carbons (Fsp3) is 0.143. The molecule has 146 valence electrons. The van der Waals surface area contributed by atoms with E-state index in [0.717, 1.165) is 5.01 Å². The number of carbonyl (C=O) groups excluding carboxylic acids is 2. The minimum Gasteiger partial charge on any atom is -0.487 e. The van der Waals surface area contributed by atoms with E-state index in [-0.39, 0.29) is 6.61 Å². The maximum Gasteiger partial charge on any atom is 0.437 e. The Bertz CT molecular complexity index is 1010. The number of cyclic esters (lactones) is 1. The second kappa shape index (κ2) is 7.59. The number of hydrazine groups is 1. The predicted octanol–water partition coefficient (Wildman–Crippen LogP) is 3.28. The minimum absolute atomic E-state index is 0.271. The van der Waals surface area contributed by atoms with Crippen molar-refractivity contribution in [2.45, 2.75) is 19.1 Å². The molecule has 1 aliphatic heterocycles. The van der Waals surface area contributed by atoms with E-state index in [9.17, 15) is 9.59 Å². The van der Waals surface area contributed by atoms with Crippen molar-refractivity contribution in [1.82, 2.24) is 15.0 Å². The van der Waals surface area contributed by atoms with Gasteiger partial charge in [-0.2, -0.15) is 0 Å². The van der Waals surface area contributed by atoms with Gasteiger partial charge in [0.25, 0.3) is 5.91 Å². The lowest BCUT2D eigenvalue weighted by Gasteiger charge is -2.21. The number of carbonyl (C=O) groups is 2. The van der Waals surface area contributed by atoms with Gasteiger partial charge in [0.15, 0.2) is 0 Å². The van der Waals surface area contributed by atoms with Gasteiger partial charge in [-0.05, 0) is 31.2 Å². The zero-order valence-electron chi connectivity index (χ0n) is 15.6. The van der Waals surface area contributed by atoms with Gasteiger partial charge < -0.3 is 9.47 Å². The molecule has 4 rings (SSSR count). The van der Waals surface area contributed by atoms with Gasteiger partial charge in [-0.1, -0.05) is 30.3 Å². The van der Waals surface area contributed by atoms with Gasteiger partial charge in [-0.15, -0.1) is 5.01 Å². The summed E-state index contributed by atoms with van der Waals surface area (Å²) < 4.78 is 11.1. The molecule has 29 heavy (non-hydrogen) atoms. The van der Waals surface area contributed by atoms with Crippen LogP contribution in [0.1, 0.15) is 18.2 Å². The van der Waals surface area contributed by atoms with Gasteiger partial charge in [0.2, 0.25) is 5.60 Å². The molecule has 0 radical (unpaired) electrons. The van der Waals surface area contributed by atoms with Crippen molar-refractivity contribution in [3.8, 4) is 5.75 Å². The Morgan fingerprint density at radius 2 is 1.83 bits per heavy atom. The number of hydrogen-bond donors (Lipinski definition) is 1. The van der Waals surface area contributed by atoms with Crippen molar-refractivity contribution >= 4 is 17.7 Å². The molecule has 0 bridgehead atoms. The molecule has 1 atom stereocenters. The number of ether oxygens (including phenoxy) is 2. The number of imide groups is 1. The third-order valence-electron chi connectivity index (χ3n) is 4.51. The molecule has 0 spiro atoms. The summed E-state index contributed by atoms with van der Waals surface area (Å²) in [6.07, 6.45) is 4.05. The summed E-state index contributed by atoms with van der Waals surface area (Å²) in [6.45, 7) is 1.84. The van der Waals surface area contributed by atoms with E-state index in [1.54, 1.807) is 74.0 Å². The van der Waals surface area contributed by atoms with Gasteiger partial charge in [0.1, 0.15) is 12.4 Å². The molecule has 8 heteroatoms. The maximum absolute atomic E-state index is 12.9. The minimum atomic E-state index is -1.43. The average Bonchev–Trinajstić information content (AvgIpc) is 2.98. The summed E-state index contributed by atoms with van der Waals surface area (Å²) in [4.78, 5) is 33.3. The fourth-order valence-electron chi connectivity index (χ4n) is 2.91. The van der Waals surface area contributed by atoms with Crippen LogP contribution in [0.15, 0.2) is 73.2 Å². The number of nitrogens with zero attached hydrogens (tertiary/aromatic N) is 3. The Morgan fingerprint density at radius 1 is 1.07 bits per heavy atom. The molecule has 1 saturated heterocycles. The molecule has 2 aromatic carbocycles. The smallest absolute Gasteiger partial charge is 0.437 e. The highest BCUT2D eigenvalue weighted by Gasteiger charge is 2.52. The van der Waals surface area contributed by atoms with Crippen molar-refractivity contribution in [3.63, 3.8) is 0 Å². The van der Waals surface area contributed by atoms with E-state index in [0.29, 0.717) is 22.7 Å². The van der Waals surface area contributed by atoms with Crippen LogP contribution in [0.5, 0.6) is 5.75 Å². The molecular weight excluding hydrogens is 372 g/mol. The van der Waals surface area contributed by atoms with E-state index in [1.165, 1.54) is 0 Å². The number of hydrogen-bond acceptors (Lipinski definition) is 7. The zero-order chi connectivity index (χ0) is 20.3. The number of benzene rings is 2. The van der Waals surface area contributed by atoms with Gasteiger partial charge in [0.05, 0.1) is 17.6 Å². The first-order valence-electron chi connectivity index (χ1n) is 8.94. The van der Waals surface area contributed by atoms with E-state index in [1.807, 2.05) is 6.07 Å². The predicted molar refractivity (Wildman–Crippen MR) is 104 cm³/mol. The molecule has 1 fully saturated rings. The number of rotatable bonds is 6. The van der Waals surface area contributed by atoms with Crippen LogP contribution in [0, 0.1) is 0 Å². The highest BCUT2D eigenvalue weighted by Crippen LogP contribution is 2.35. The normalized spacial score (nSPS) is 18.4. The summed E-state index contributed by atoms with van der Waals surface area (Å²) in [6, 6.07) is 15.8. The monoisotopic (exact) mass is 390 g/mol. The van der Waals surface area contributed by atoms with E-state index in [2.05, 4.69) is 15.4 Å². The topological polar surface area (TPSA) is 93.7 Å². The van der Waals surface area contributed by atoms with Crippen LogP contribution in [-0.2, 0) is 21.7 Å². The van der Waals surface area contributed by atoms with Crippen molar-refractivity contribution in [2.24, 2.45) is 0 Å².